The van der Waals surface area contributed by atoms with Crippen LogP contribution in [0.15, 0.2) is 11.6 Å². The highest BCUT2D eigenvalue weighted by atomic mass is 16.6. The van der Waals surface area contributed by atoms with Gasteiger partial charge in [-0.2, -0.15) is 0 Å². The summed E-state index contributed by atoms with van der Waals surface area (Å²) in [6.07, 6.45) is 3.83. The normalized spacial score (nSPS) is 18.0. The largest absolute Gasteiger partial charge is 0.456 e. The van der Waals surface area contributed by atoms with E-state index >= 15 is 0 Å². The molecule has 0 aromatic rings. The molecule has 0 aromatic carbocycles. The van der Waals surface area contributed by atoms with Gasteiger partial charge in [0.15, 0.2) is 0 Å². The number of rotatable bonds is 3. The molecule has 0 unspecified atom stereocenters. The predicted molar refractivity (Wildman–Crippen MR) is 64.0 cm³/mol. The van der Waals surface area contributed by atoms with Crippen molar-refractivity contribution in [1.82, 2.24) is 0 Å². The van der Waals surface area contributed by atoms with Gasteiger partial charge in [-0.05, 0) is 27.7 Å². The number of quaternary nitrogens is 1. The minimum Gasteiger partial charge on any atom is -0.456 e. The number of hydrogen-bond donors (Lipinski definition) is 1. The van der Waals surface area contributed by atoms with Crippen LogP contribution in [0.1, 0.15) is 40.5 Å². The predicted octanol–water partition coefficient (Wildman–Crippen LogP) is 1.25. The van der Waals surface area contributed by atoms with Crippen molar-refractivity contribution in [2.24, 2.45) is 5.92 Å². The first-order valence-electron chi connectivity index (χ1n) is 6.11. The molecule has 1 aliphatic heterocycles. The van der Waals surface area contributed by atoms with Gasteiger partial charge in [-0.15, -0.1) is 0 Å². The van der Waals surface area contributed by atoms with Gasteiger partial charge in [0.1, 0.15) is 5.60 Å². The minimum absolute atomic E-state index is 0.209. The molecular weight excluding hydrogens is 202 g/mol. The van der Waals surface area contributed by atoms with Crippen LogP contribution in [0.3, 0.4) is 0 Å². The first-order valence-corrected chi connectivity index (χ1v) is 6.11. The van der Waals surface area contributed by atoms with E-state index in [2.05, 4.69) is 5.32 Å². The summed E-state index contributed by atoms with van der Waals surface area (Å²) < 4.78 is 5.56. The first-order chi connectivity index (χ1) is 7.42. The lowest BCUT2D eigenvalue weighted by Crippen LogP contribution is -2.86. The number of allylic oxidation sites excluding steroid dienone is 1. The molecule has 3 heteroatoms. The van der Waals surface area contributed by atoms with Crippen molar-refractivity contribution >= 4 is 5.97 Å². The van der Waals surface area contributed by atoms with Crippen molar-refractivity contribution in [3.05, 3.63) is 11.6 Å². The van der Waals surface area contributed by atoms with E-state index in [1.165, 1.54) is 0 Å². The molecule has 0 bridgehead atoms. The third kappa shape index (κ3) is 3.97. The zero-order valence-electron chi connectivity index (χ0n) is 10.9. The average molecular weight is 226 g/mol. The van der Waals surface area contributed by atoms with Crippen molar-refractivity contribution in [3.63, 3.8) is 0 Å². The van der Waals surface area contributed by atoms with Gasteiger partial charge in [-0.1, -0.05) is 5.57 Å². The fourth-order valence-corrected chi connectivity index (χ4v) is 2.23. The average Bonchev–Trinajstić information content (AvgIpc) is 2.16. The summed E-state index contributed by atoms with van der Waals surface area (Å²) in [7, 11) is 0. The molecule has 92 valence electrons. The molecule has 2 N–H and O–H groups in total. The number of piperidine rings is 1. The standard InChI is InChI=1S/C13H23NO2/c1-10(2)9-12(15)16-13(3,4)11-5-7-14-8-6-11/h9,11,14H,5-8H2,1-4H3/p+1. The van der Waals surface area contributed by atoms with Crippen molar-refractivity contribution in [1.29, 1.82) is 0 Å². The van der Waals surface area contributed by atoms with E-state index in [0.717, 1.165) is 31.5 Å². The van der Waals surface area contributed by atoms with Crippen LogP contribution in [0, 0.1) is 5.92 Å². The van der Waals surface area contributed by atoms with Crippen molar-refractivity contribution in [2.75, 3.05) is 13.1 Å². The van der Waals surface area contributed by atoms with E-state index in [1.54, 1.807) is 6.08 Å². The summed E-state index contributed by atoms with van der Waals surface area (Å²) in [6, 6.07) is 0. The third-order valence-corrected chi connectivity index (χ3v) is 3.19. The van der Waals surface area contributed by atoms with Gasteiger partial charge in [0.2, 0.25) is 0 Å². The third-order valence-electron chi connectivity index (χ3n) is 3.19. The van der Waals surface area contributed by atoms with Crippen molar-refractivity contribution in [3.8, 4) is 0 Å². The lowest BCUT2D eigenvalue weighted by molar-refractivity contribution is -0.665. The van der Waals surface area contributed by atoms with Crippen molar-refractivity contribution < 1.29 is 14.8 Å². The Hall–Kier alpha value is -0.830. The highest BCUT2D eigenvalue weighted by Crippen LogP contribution is 2.28. The van der Waals surface area contributed by atoms with Gasteiger partial charge >= 0.3 is 5.97 Å². The fourth-order valence-electron chi connectivity index (χ4n) is 2.23. The zero-order valence-corrected chi connectivity index (χ0v) is 10.9. The molecule has 1 saturated heterocycles. The second-order valence-corrected chi connectivity index (χ2v) is 5.39. The number of hydrogen-bond acceptors (Lipinski definition) is 2. The van der Waals surface area contributed by atoms with Gasteiger partial charge in [-0.3, -0.25) is 0 Å². The van der Waals surface area contributed by atoms with Gasteiger partial charge in [0.25, 0.3) is 0 Å². The van der Waals surface area contributed by atoms with Crippen LogP contribution in [0.2, 0.25) is 0 Å². The Morgan fingerprint density at radius 3 is 2.38 bits per heavy atom. The van der Waals surface area contributed by atoms with Crippen LogP contribution in [0.25, 0.3) is 0 Å². The number of ether oxygens (including phenoxy) is 1. The summed E-state index contributed by atoms with van der Waals surface area (Å²) in [4.78, 5) is 11.6. The molecule has 0 aliphatic carbocycles. The van der Waals surface area contributed by atoms with Gasteiger partial charge in [0, 0.05) is 24.8 Å². The maximum Gasteiger partial charge on any atom is 0.331 e. The maximum atomic E-state index is 11.6. The van der Waals surface area contributed by atoms with Crippen LogP contribution in [-0.2, 0) is 9.53 Å². The Morgan fingerprint density at radius 1 is 1.31 bits per heavy atom. The van der Waals surface area contributed by atoms with E-state index in [-0.39, 0.29) is 11.6 Å². The zero-order chi connectivity index (χ0) is 12.2. The molecule has 1 heterocycles. The SMILES string of the molecule is CC(C)=CC(=O)OC(C)(C)C1CC[NH2+]CC1. The molecular formula is C13H24NO2+. The lowest BCUT2D eigenvalue weighted by Gasteiger charge is -2.35. The molecule has 0 radical (unpaired) electrons. The van der Waals surface area contributed by atoms with E-state index < -0.39 is 0 Å². The molecule has 0 aromatic heterocycles. The molecule has 1 fully saturated rings. The highest BCUT2D eigenvalue weighted by molar-refractivity contribution is 5.82. The smallest absolute Gasteiger partial charge is 0.331 e. The molecule has 0 saturated carbocycles. The summed E-state index contributed by atoms with van der Waals surface area (Å²) in [5.74, 6) is 0.284. The summed E-state index contributed by atoms with van der Waals surface area (Å²) in [6.45, 7) is 10.2. The second-order valence-electron chi connectivity index (χ2n) is 5.39. The molecule has 0 amide bonds. The topological polar surface area (TPSA) is 42.9 Å². The van der Waals surface area contributed by atoms with Crippen LogP contribution in [-0.4, -0.2) is 24.7 Å². The van der Waals surface area contributed by atoms with Crippen LogP contribution in [0.5, 0.6) is 0 Å². The van der Waals surface area contributed by atoms with E-state index in [4.69, 9.17) is 4.74 Å². The van der Waals surface area contributed by atoms with Gasteiger partial charge < -0.3 is 10.1 Å². The minimum atomic E-state index is -0.336. The monoisotopic (exact) mass is 226 g/mol. The lowest BCUT2D eigenvalue weighted by atomic mass is 9.83. The Kier molecular flexibility index (Phi) is 4.54. The summed E-state index contributed by atoms with van der Waals surface area (Å²) in [5.41, 5.74) is 0.648. The number of carbonyl (C=O) groups is 1. The Bertz CT molecular complexity index is 272. The molecule has 16 heavy (non-hydrogen) atoms. The molecule has 1 aliphatic rings. The Balaban J connectivity index is 2.55. The Labute approximate surface area is 98.2 Å². The van der Waals surface area contributed by atoms with Crippen LogP contribution >= 0.6 is 0 Å². The molecule has 3 nitrogen and oxygen atoms in total. The summed E-state index contributed by atoms with van der Waals surface area (Å²) >= 11 is 0. The van der Waals surface area contributed by atoms with Crippen molar-refractivity contribution in [2.45, 2.75) is 46.1 Å². The second kappa shape index (κ2) is 5.48. The number of esters is 1. The molecule has 0 spiro atoms. The molecule has 1 rings (SSSR count). The van der Waals surface area contributed by atoms with E-state index in [1.807, 2.05) is 27.7 Å². The van der Waals surface area contributed by atoms with Gasteiger partial charge in [0.05, 0.1) is 13.1 Å². The Morgan fingerprint density at radius 2 is 1.88 bits per heavy atom. The van der Waals surface area contributed by atoms with Crippen LogP contribution in [0.4, 0.5) is 0 Å². The van der Waals surface area contributed by atoms with E-state index in [0.29, 0.717) is 5.92 Å². The van der Waals surface area contributed by atoms with Gasteiger partial charge in [-0.25, -0.2) is 4.79 Å². The maximum absolute atomic E-state index is 11.6. The van der Waals surface area contributed by atoms with Crippen LogP contribution < -0.4 is 5.32 Å². The number of nitrogens with two attached hydrogens (primary N) is 1. The highest BCUT2D eigenvalue weighted by Gasteiger charge is 2.34. The number of carbonyl (C=O) groups excluding carboxylic acids is 1. The first kappa shape index (κ1) is 13.2. The molecule has 0 atom stereocenters. The quantitative estimate of drug-likeness (QED) is 0.581. The van der Waals surface area contributed by atoms with E-state index in [9.17, 15) is 4.79 Å². The summed E-state index contributed by atoms with van der Waals surface area (Å²) in [5, 5.41) is 2.32. The fraction of sp³-hybridized carbons (Fsp3) is 0.769.